The lowest BCUT2D eigenvalue weighted by Gasteiger charge is -2.28. The first kappa shape index (κ1) is 15.0. The summed E-state index contributed by atoms with van der Waals surface area (Å²) < 4.78 is 26.9. The molecule has 0 spiro atoms. The second-order valence-electron chi connectivity index (χ2n) is 5.05. The second kappa shape index (κ2) is 5.52. The molecule has 0 aliphatic carbocycles. The average molecular weight is 291 g/mol. The summed E-state index contributed by atoms with van der Waals surface area (Å²) in [7, 11) is 0. The van der Waals surface area contributed by atoms with E-state index in [0.717, 1.165) is 17.7 Å². The third-order valence-electron chi connectivity index (χ3n) is 3.34. The molecule has 3 nitrogen and oxygen atoms in total. The fourth-order valence-electron chi connectivity index (χ4n) is 2.06. The molecule has 5 heteroatoms. The minimum atomic E-state index is -1.70. The van der Waals surface area contributed by atoms with Gasteiger partial charge in [0.05, 0.1) is 0 Å². The van der Waals surface area contributed by atoms with Crippen LogP contribution in [0.2, 0.25) is 0 Å². The zero-order valence-corrected chi connectivity index (χ0v) is 11.7. The van der Waals surface area contributed by atoms with Crippen molar-refractivity contribution in [2.24, 2.45) is 0 Å². The summed E-state index contributed by atoms with van der Waals surface area (Å²) in [5.74, 6) is -2.91. The Labute approximate surface area is 121 Å². The molecule has 2 rings (SSSR count). The first-order valence-electron chi connectivity index (χ1n) is 6.37. The Hall–Kier alpha value is -2.43. The van der Waals surface area contributed by atoms with Crippen molar-refractivity contribution in [2.45, 2.75) is 19.4 Å². The van der Waals surface area contributed by atoms with Gasteiger partial charge in [-0.25, -0.2) is 13.6 Å². The highest BCUT2D eigenvalue weighted by molar-refractivity contribution is 5.84. The number of hydrogen-bond acceptors (Lipinski definition) is 2. The monoisotopic (exact) mass is 291 g/mol. The molecule has 0 radical (unpaired) electrons. The van der Waals surface area contributed by atoms with Crippen LogP contribution in [0, 0.1) is 18.6 Å². The molecule has 0 bridgehead atoms. The Morgan fingerprint density at radius 2 is 1.76 bits per heavy atom. The van der Waals surface area contributed by atoms with E-state index in [1.807, 2.05) is 19.1 Å². The van der Waals surface area contributed by atoms with Crippen LogP contribution in [0.5, 0.6) is 0 Å². The minimum Gasteiger partial charge on any atom is -0.479 e. The normalized spacial score (nSPS) is 13.5. The van der Waals surface area contributed by atoms with Crippen LogP contribution in [0.3, 0.4) is 0 Å². The van der Waals surface area contributed by atoms with Crippen LogP contribution < -0.4 is 5.32 Å². The quantitative estimate of drug-likeness (QED) is 0.903. The predicted octanol–water partition coefficient (Wildman–Crippen LogP) is 3.69. The molecule has 1 unspecified atom stereocenters. The van der Waals surface area contributed by atoms with E-state index < -0.39 is 23.1 Å². The number of nitrogens with one attached hydrogen (secondary N) is 1. The number of benzene rings is 2. The molecule has 1 atom stereocenters. The summed E-state index contributed by atoms with van der Waals surface area (Å²) in [4.78, 5) is 11.6. The second-order valence-corrected chi connectivity index (χ2v) is 5.05. The van der Waals surface area contributed by atoms with Crippen molar-refractivity contribution in [1.82, 2.24) is 0 Å². The molecule has 0 saturated heterocycles. The summed E-state index contributed by atoms with van der Waals surface area (Å²) >= 11 is 0. The molecule has 2 aromatic rings. The van der Waals surface area contributed by atoms with Crippen LogP contribution in [0.4, 0.5) is 14.5 Å². The summed E-state index contributed by atoms with van der Waals surface area (Å²) in [5, 5.41) is 12.3. The Kier molecular flexibility index (Phi) is 3.93. The number of hydrogen-bond donors (Lipinski definition) is 2. The molecule has 0 aromatic heterocycles. The van der Waals surface area contributed by atoms with Gasteiger partial charge in [-0.1, -0.05) is 23.8 Å². The maximum absolute atomic E-state index is 13.9. The van der Waals surface area contributed by atoms with E-state index in [2.05, 4.69) is 5.32 Å². The van der Waals surface area contributed by atoms with Crippen molar-refractivity contribution in [2.75, 3.05) is 5.32 Å². The van der Waals surface area contributed by atoms with Crippen molar-refractivity contribution in [3.05, 3.63) is 65.2 Å². The summed E-state index contributed by atoms with van der Waals surface area (Å²) in [6.45, 7) is 3.24. The van der Waals surface area contributed by atoms with Crippen LogP contribution in [-0.2, 0) is 10.3 Å². The maximum Gasteiger partial charge on any atom is 0.333 e. The molecule has 0 amide bonds. The largest absolute Gasteiger partial charge is 0.479 e. The van der Waals surface area contributed by atoms with E-state index in [1.54, 1.807) is 12.1 Å². The summed E-state index contributed by atoms with van der Waals surface area (Å²) in [6.07, 6.45) is 0. The molecule has 0 saturated carbocycles. The van der Waals surface area contributed by atoms with Crippen LogP contribution in [0.25, 0.3) is 0 Å². The minimum absolute atomic E-state index is 0.128. The first-order valence-corrected chi connectivity index (χ1v) is 6.37. The Balaban J connectivity index is 2.45. The maximum atomic E-state index is 13.9. The molecule has 0 aliphatic rings. The molecular weight excluding hydrogens is 276 g/mol. The van der Waals surface area contributed by atoms with Gasteiger partial charge in [0.2, 0.25) is 0 Å². The molecule has 0 heterocycles. The highest BCUT2D eigenvalue weighted by atomic mass is 19.1. The van der Waals surface area contributed by atoms with Crippen molar-refractivity contribution >= 4 is 11.7 Å². The van der Waals surface area contributed by atoms with Gasteiger partial charge in [0.15, 0.2) is 5.54 Å². The van der Waals surface area contributed by atoms with Gasteiger partial charge in [-0.2, -0.15) is 0 Å². The van der Waals surface area contributed by atoms with Crippen molar-refractivity contribution in [3.8, 4) is 0 Å². The van der Waals surface area contributed by atoms with Crippen LogP contribution in [-0.4, -0.2) is 11.1 Å². The zero-order valence-electron chi connectivity index (χ0n) is 11.7. The number of carboxylic acid groups (broad SMARTS) is 1. The first-order chi connectivity index (χ1) is 9.83. The number of carbonyl (C=O) groups is 1. The molecule has 2 aromatic carbocycles. The van der Waals surface area contributed by atoms with Gasteiger partial charge in [0, 0.05) is 17.3 Å². The molecule has 21 heavy (non-hydrogen) atoms. The van der Waals surface area contributed by atoms with Crippen molar-refractivity contribution < 1.29 is 18.7 Å². The highest BCUT2D eigenvalue weighted by Crippen LogP contribution is 2.29. The third-order valence-corrected chi connectivity index (χ3v) is 3.34. The lowest BCUT2D eigenvalue weighted by Crippen LogP contribution is -2.41. The predicted molar refractivity (Wildman–Crippen MR) is 76.1 cm³/mol. The van der Waals surface area contributed by atoms with E-state index in [1.165, 1.54) is 6.92 Å². The number of aryl methyl sites for hydroxylation is 1. The number of carboxylic acids is 1. The summed E-state index contributed by atoms with van der Waals surface area (Å²) in [6, 6.07) is 9.89. The van der Waals surface area contributed by atoms with Gasteiger partial charge in [-0.15, -0.1) is 0 Å². The molecular formula is C16H15F2NO2. The van der Waals surface area contributed by atoms with Gasteiger partial charge in [-0.05, 0) is 32.0 Å². The Morgan fingerprint density at radius 3 is 2.29 bits per heavy atom. The summed E-state index contributed by atoms with van der Waals surface area (Å²) in [5.41, 5.74) is -0.274. The molecule has 2 N–H and O–H groups in total. The van der Waals surface area contributed by atoms with Gasteiger partial charge in [0.25, 0.3) is 0 Å². The van der Waals surface area contributed by atoms with E-state index >= 15 is 0 Å². The van der Waals surface area contributed by atoms with Gasteiger partial charge in [0.1, 0.15) is 11.6 Å². The SMILES string of the molecule is Cc1ccc(NC(C)(C(=O)O)c2ccc(F)cc2F)cc1. The van der Waals surface area contributed by atoms with Gasteiger partial charge >= 0.3 is 5.97 Å². The van der Waals surface area contributed by atoms with Crippen LogP contribution >= 0.6 is 0 Å². The third kappa shape index (κ3) is 3.02. The lowest BCUT2D eigenvalue weighted by atomic mass is 9.91. The average Bonchev–Trinajstić information content (AvgIpc) is 2.41. The van der Waals surface area contributed by atoms with Crippen LogP contribution in [0.15, 0.2) is 42.5 Å². The molecule has 0 fully saturated rings. The van der Waals surface area contributed by atoms with Crippen molar-refractivity contribution in [1.29, 1.82) is 0 Å². The lowest BCUT2D eigenvalue weighted by molar-refractivity contribution is -0.142. The van der Waals surface area contributed by atoms with E-state index in [0.29, 0.717) is 11.8 Å². The zero-order chi connectivity index (χ0) is 15.6. The van der Waals surface area contributed by atoms with E-state index in [4.69, 9.17) is 0 Å². The molecule has 0 aliphatic heterocycles. The smallest absolute Gasteiger partial charge is 0.333 e. The number of halogens is 2. The number of anilines is 1. The fraction of sp³-hybridized carbons (Fsp3) is 0.188. The molecule has 110 valence electrons. The Morgan fingerprint density at radius 1 is 1.14 bits per heavy atom. The number of aliphatic carboxylic acids is 1. The van der Waals surface area contributed by atoms with Gasteiger partial charge < -0.3 is 10.4 Å². The van der Waals surface area contributed by atoms with Gasteiger partial charge in [-0.3, -0.25) is 0 Å². The van der Waals surface area contributed by atoms with E-state index in [9.17, 15) is 18.7 Å². The number of rotatable bonds is 4. The topological polar surface area (TPSA) is 49.3 Å². The standard InChI is InChI=1S/C16H15F2NO2/c1-10-3-6-12(7-4-10)19-16(2,15(20)21)13-8-5-11(17)9-14(13)18/h3-9,19H,1-2H3,(H,20,21). The Bertz CT molecular complexity index is 670. The van der Waals surface area contributed by atoms with E-state index in [-0.39, 0.29) is 5.56 Å². The highest BCUT2D eigenvalue weighted by Gasteiger charge is 2.37. The van der Waals surface area contributed by atoms with Crippen LogP contribution in [0.1, 0.15) is 18.1 Å². The van der Waals surface area contributed by atoms with Crippen molar-refractivity contribution in [3.63, 3.8) is 0 Å². The fourth-order valence-corrected chi connectivity index (χ4v) is 2.06.